The molecule has 0 atom stereocenters. The van der Waals surface area contributed by atoms with Gasteiger partial charge in [-0.05, 0) is 40.9 Å². The summed E-state index contributed by atoms with van der Waals surface area (Å²) in [6.07, 6.45) is 0.213. The summed E-state index contributed by atoms with van der Waals surface area (Å²) in [7, 11) is 0. The molecule has 2 amide bonds. The van der Waals surface area contributed by atoms with Gasteiger partial charge in [-0.3, -0.25) is 20.4 Å². The van der Waals surface area contributed by atoms with Gasteiger partial charge in [-0.15, -0.1) is 0 Å². The van der Waals surface area contributed by atoms with Crippen molar-refractivity contribution >= 4 is 29.1 Å². The van der Waals surface area contributed by atoms with Crippen molar-refractivity contribution in [1.29, 1.82) is 0 Å². The summed E-state index contributed by atoms with van der Waals surface area (Å²) < 4.78 is 0. The number of hydrazine groups is 1. The first-order valence-corrected chi connectivity index (χ1v) is 8.71. The lowest BCUT2D eigenvalue weighted by atomic mass is 9.87. The molecule has 0 saturated heterocycles. The Labute approximate surface area is 159 Å². The molecule has 0 fully saturated rings. The maximum absolute atomic E-state index is 12.1. The van der Waals surface area contributed by atoms with E-state index in [-0.39, 0.29) is 28.8 Å². The number of rotatable bonds is 3. The highest BCUT2D eigenvalue weighted by Crippen LogP contribution is 2.22. The minimum absolute atomic E-state index is 0.0257. The first-order chi connectivity index (χ1) is 12.3. The lowest BCUT2D eigenvalue weighted by Crippen LogP contribution is -2.48. The van der Waals surface area contributed by atoms with E-state index in [1.54, 1.807) is 12.1 Å². The maximum atomic E-state index is 12.1. The molecular formula is C20H23N3O2S. The molecule has 136 valence electrons. The summed E-state index contributed by atoms with van der Waals surface area (Å²) in [6.45, 7) is 6.33. The van der Waals surface area contributed by atoms with Crippen LogP contribution in [0.1, 0.15) is 42.3 Å². The maximum Gasteiger partial charge on any atom is 0.269 e. The fraction of sp³-hybridized carbons (Fsp3) is 0.250. The highest BCUT2D eigenvalue weighted by molar-refractivity contribution is 7.80. The Morgan fingerprint density at radius 2 is 1.54 bits per heavy atom. The van der Waals surface area contributed by atoms with E-state index < -0.39 is 0 Å². The van der Waals surface area contributed by atoms with E-state index in [2.05, 4.69) is 36.9 Å². The number of hydrogen-bond donors (Lipinski definition) is 3. The van der Waals surface area contributed by atoms with Crippen LogP contribution >= 0.6 is 12.2 Å². The van der Waals surface area contributed by atoms with Crippen molar-refractivity contribution < 1.29 is 9.59 Å². The Morgan fingerprint density at radius 1 is 0.923 bits per heavy atom. The third-order valence-corrected chi connectivity index (χ3v) is 3.97. The van der Waals surface area contributed by atoms with Gasteiger partial charge in [0, 0.05) is 5.56 Å². The van der Waals surface area contributed by atoms with Crippen molar-refractivity contribution in [3.05, 3.63) is 71.3 Å². The van der Waals surface area contributed by atoms with Gasteiger partial charge in [0.2, 0.25) is 5.91 Å². The van der Waals surface area contributed by atoms with E-state index in [0.717, 1.165) is 11.1 Å². The standard InChI is InChI=1S/C20H23N3O2S/c1-20(2,3)16-11-9-15(10-12-16)18(25)22-23-19(26)21-17(24)13-14-7-5-4-6-8-14/h4-12H,13H2,1-3H3,(H,22,25)(H2,21,23,24,26). The monoisotopic (exact) mass is 369 g/mol. The van der Waals surface area contributed by atoms with Gasteiger partial charge in [-0.25, -0.2) is 0 Å². The second-order valence-electron chi connectivity index (χ2n) is 6.95. The zero-order chi connectivity index (χ0) is 19.2. The number of amides is 2. The molecule has 0 aliphatic carbocycles. The molecule has 5 nitrogen and oxygen atoms in total. The van der Waals surface area contributed by atoms with Crippen molar-refractivity contribution in [2.45, 2.75) is 32.6 Å². The highest BCUT2D eigenvalue weighted by Gasteiger charge is 2.14. The zero-order valence-electron chi connectivity index (χ0n) is 15.1. The van der Waals surface area contributed by atoms with E-state index in [1.807, 2.05) is 42.5 Å². The first kappa shape index (κ1) is 19.6. The molecular weight excluding hydrogens is 346 g/mol. The van der Waals surface area contributed by atoms with E-state index in [9.17, 15) is 9.59 Å². The topological polar surface area (TPSA) is 70.2 Å². The number of nitrogens with one attached hydrogen (secondary N) is 3. The molecule has 0 aliphatic heterocycles. The largest absolute Gasteiger partial charge is 0.302 e. The van der Waals surface area contributed by atoms with Gasteiger partial charge in [-0.2, -0.15) is 0 Å². The van der Waals surface area contributed by atoms with Gasteiger partial charge < -0.3 is 5.32 Å². The summed E-state index contributed by atoms with van der Waals surface area (Å²) in [5, 5.41) is 2.58. The average Bonchev–Trinajstić information content (AvgIpc) is 2.59. The molecule has 0 bridgehead atoms. The van der Waals surface area contributed by atoms with E-state index in [0.29, 0.717) is 5.56 Å². The minimum Gasteiger partial charge on any atom is -0.302 e. The van der Waals surface area contributed by atoms with Crippen LogP contribution in [0.5, 0.6) is 0 Å². The van der Waals surface area contributed by atoms with E-state index >= 15 is 0 Å². The molecule has 0 radical (unpaired) electrons. The molecule has 3 N–H and O–H groups in total. The summed E-state index contributed by atoms with van der Waals surface area (Å²) in [5.41, 5.74) is 7.58. The average molecular weight is 369 g/mol. The van der Waals surface area contributed by atoms with Gasteiger partial charge in [0.05, 0.1) is 6.42 Å². The van der Waals surface area contributed by atoms with Gasteiger partial charge in [-0.1, -0.05) is 63.2 Å². The van der Waals surface area contributed by atoms with Crippen LogP contribution < -0.4 is 16.2 Å². The van der Waals surface area contributed by atoms with Crippen LogP contribution in [0.25, 0.3) is 0 Å². The number of carbonyl (C=O) groups is 2. The van der Waals surface area contributed by atoms with Crippen molar-refractivity contribution in [2.75, 3.05) is 0 Å². The predicted molar refractivity (Wildman–Crippen MR) is 107 cm³/mol. The number of thiocarbonyl (C=S) groups is 1. The van der Waals surface area contributed by atoms with Gasteiger partial charge in [0.25, 0.3) is 5.91 Å². The summed E-state index contributed by atoms with van der Waals surface area (Å²) >= 11 is 5.03. The van der Waals surface area contributed by atoms with E-state index in [1.165, 1.54) is 0 Å². The van der Waals surface area contributed by atoms with Crippen molar-refractivity contribution in [2.24, 2.45) is 0 Å². The van der Waals surface area contributed by atoms with Crippen LogP contribution in [0.4, 0.5) is 0 Å². The fourth-order valence-corrected chi connectivity index (χ4v) is 2.46. The molecule has 2 aromatic carbocycles. The molecule has 0 aliphatic rings. The SMILES string of the molecule is CC(C)(C)c1ccc(C(=O)NNC(=S)NC(=O)Cc2ccccc2)cc1. The highest BCUT2D eigenvalue weighted by atomic mass is 32.1. The van der Waals surface area contributed by atoms with Crippen LogP contribution in [-0.4, -0.2) is 16.9 Å². The van der Waals surface area contributed by atoms with Crippen LogP contribution in [-0.2, 0) is 16.6 Å². The number of hydrogen-bond acceptors (Lipinski definition) is 3. The van der Waals surface area contributed by atoms with Gasteiger partial charge in [0.1, 0.15) is 0 Å². The molecule has 2 rings (SSSR count). The fourth-order valence-electron chi connectivity index (χ4n) is 2.29. The third-order valence-electron chi connectivity index (χ3n) is 3.76. The Morgan fingerprint density at radius 3 is 2.12 bits per heavy atom. The first-order valence-electron chi connectivity index (χ1n) is 8.30. The van der Waals surface area contributed by atoms with Crippen molar-refractivity contribution in [1.82, 2.24) is 16.2 Å². The summed E-state index contributed by atoms with van der Waals surface area (Å²) in [5.74, 6) is -0.581. The molecule has 0 saturated carbocycles. The Kier molecular flexibility index (Phi) is 6.46. The van der Waals surface area contributed by atoms with Gasteiger partial charge in [0.15, 0.2) is 5.11 Å². The van der Waals surface area contributed by atoms with Gasteiger partial charge >= 0.3 is 0 Å². The lowest BCUT2D eigenvalue weighted by molar-refractivity contribution is -0.119. The predicted octanol–water partition coefficient (Wildman–Crippen LogP) is 2.86. The second-order valence-corrected chi connectivity index (χ2v) is 7.35. The number of carbonyl (C=O) groups excluding carboxylic acids is 2. The Balaban J connectivity index is 1.81. The van der Waals surface area contributed by atoms with Crippen LogP contribution in [0, 0.1) is 0 Å². The minimum atomic E-state index is -0.329. The smallest absolute Gasteiger partial charge is 0.269 e. The molecule has 0 heterocycles. The molecule has 0 unspecified atom stereocenters. The molecule has 26 heavy (non-hydrogen) atoms. The zero-order valence-corrected chi connectivity index (χ0v) is 15.9. The Hall–Kier alpha value is -2.73. The number of benzene rings is 2. The Bertz CT molecular complexity index is 781. The molecule has 0 aromatic heterocycles. The second kappa shape index (κ2) is 8.58. The molecule has 6 heteroatoms. The van der Waals surface area contributed by atoms with E-state index in [4.69, 9.17) is 12.2 Å². The third kappa shape index (κ3) is 5.97. The molecule has 2 aromatic rings. The van der Waals surface area contributed by atoms with Crippen LogP contribution in [0.3, 0.4) is 0 Å². The normalized spacial score (nSPS) is 10.7. The summed E-state index contributed by atoms with van der Waals surface area (Å²) in [4.78, 5) is 24.1. The quantitative estimate of drug-likeness (QED) is 0.575. The van der Waals surface area contributed by atoms with Crippen LogP contribution in [0.2, 0.25) is 0 Å². The summed E-state index contributed by atoms with van der Waals surface area (Å²) in [6, 6.07) is 16.7. The molecule has 0 spiro atoms. The van der Waals surface area contributed by atoms with Crippen LogP contribution in [0.15, 0.2) is 54.6 Å². The van der Waals surface area contributed by atoms with Crippen molar-refractivity contribution in [3.8, 4) is 0 Å². The lowest BCUT2D eigenvalue weighted by Gasteiger charge is -2.19. The van der Waals surface area contributed by atoms with Crippen molar-refractivity contribution in [3.63, 3.8) is 0 Å².